The van der Waals surface area contributed by atoms with E-state index in [9.17, 15) is 18.0 Å². The van der Waals surface area contributed by atoms with Crippen molar-refractivity contribution in [3.05, 3.63) is 94.5 Å². The number of amides is 2. The van der Waals surface area contributed by atoms with E-state index in [1.54, 1.807) is 49.4 Å². The number of nitrogens with one attached hydrogen (secondary N) is 1. The lowest BCUT2D eigenvalue weighted by molar-refractivity contribution is -0.140. The van der Waals surface area contributed by atoms with Crippen molar-refractivity contribution in [3.8, 4) is 0 Å². The number of carbonyl (C=O) groups excluding carboxylic acids is 2. The standard InChI is InChI=1S/C30H36ClN3O4S/c1-21-15-16-27(22(2)17-21)34(39(37,38)26-13-8-7-9-14-26)20-28(35)33(19-24-11-10-12-25(31)18-24)23(3)29(36)32-30(4,5)6/h7-18,23H,19-20H2,1-6H3,(H,32,36)/t23-/m0/s1. The van der Waals surface area contributed by atoms with Crippen molar-refractivity contribution >= 4 is 39.1 Å². The van der Waals surface area contributed by atoms with Crippen molar-refractivity contribution in [2.45, 2.75) is 64.6 Å². The van der Waals surface area contributed by atoms with Gasteiger partial charge in [0.05, 0.1) is 10.6 Å². The Morgan fingerprint density at radius 1 is 0.949 bits per heavy atom. The maximum Gasteiger partial charge on any atom is 0.264 e. The second-order valence-electron chi connectivity index (χ2n) is 10.7. The summed E-state index contributed by atoms with van der Waals surface area (Å²) in [4.78, 5) is 28.6. The molecule has 3 aromatic rings. The number of anilines is 1. The van der Waals surface area contributed by atoms with Crippen molar-refractivity contribution in [2.24, 2.45) is 0 Å². The van der Waals surface area contributed by atoms with Gasteiger partial charge in [-0.25, -0.2) is 8.42 Å². The van der Waals surface area contributed by atoms with Gasteiger partial charge in [-0.05, 0) is 83.0 Å². The minimum atomic E-state index is -4.11. The summed E-state index contributed by atoms with van der Waals surface area (Å²) in [6.07, 6.45) is 0. The lowest BCUT2D eigenvalue weighted by Gasteiger charge is -2.34. The summed E-state index contributed by atoms with van der Waals surface area (Å²) in [5, 5.41) is 3.41. The highest BCUT2D eigenvalue weighted by atomic mass is 35.5. The molecule has 0 fully saturated rings. The number of sulfonamides is 1. The van der Waals surface area contributed by atoms with E-state index in [4.69, 9.17) is 11.6 Å². The first kappa shape index (κ1) is 30.2. The molecule has 0 spiro atoms. The molecule has 7 nitrogen and oxygen atoms in total. The van der Waals surface area contributed by atoms with Crippen LogP contribution in [0.1, 0.15) is 44.4 Å². The summed E-state index contributed by atoms with van der Waals surface area (Å²) in [5.74, 6) is -0.868. The van der Waals surface area contributed by atoms with Crippen LogP contribution < -0.4 is 9.62 Å². The van der Waals surface area contributed by atoms with Crippen LogP contribution in [-0.2, 0) is 26.2 Å². The highest BCUT2D eigenvalue weighted by molar-refractivity contribution is 7.92. The molecule has 39 heavy (non-hydrogen) atoms. The zero-order valence-electron chi connectivity index (χ0n) is 23.2. The Balaban J connectivity index is 2.06. The molecular weight excluding hydrogens is 534 g/mol. The van der Waals surface area contributed by atoms with Crippen LogP contribution in [0, 0.1) is 13.8 Å². The molecule has 0 radical (unpaired) electrons. The van der Waals surface area contributed by atoms with Crippen LogP contribution in [0.2, 0.25) is 5.02 Å². The Bertz CT molecular complexity index is 1440. The van der Waals surface area contributed by atoms with Gasteiger partial charge in [0.15, 0.2) is 0 Å². The maximum atomic E-state index is 14.0. The smallest absolute Gasteiger partial charge is 0.264 e. The quantitative estimate of drug-likeness (QED) is 0.369. The van der Waals surface area contributed by atoms with Gasteiger partial charge in [-0.15, -0.1) is 0 Å². The number of halogens is 1. The van der Waals surface area contributed by atoms with Gasteiger partial charge in [-0.3, -0.25) is 13.9 Å². The number of benzene rings is 3. The van der Waals surface area contributed by atoms with E-state index in [2.05, 4.69) is 5.32 Å². The van der Waals surface area contributed by atoms with Gasteiger partial charge in [0.2, 0.25) is 11.8 Å². The molecule has 2 amide bonds. The molecule has 0 aliphatic carbocycles. The minimum absolute atomic E-state index is 0.0673. The van der Waals surface area contributed by atoms with E-state index < -0.39 is 34.1 Å². The lowest BCUT2D eigenvalue weighted by Crippen LogP contribution is -2.54. The Kier molecular flexibility index (Phi) is 9.46. The topological polar surface area (TPSA) is 86.8 Å². The van der Waals surface area contributed by atoms with Gasteiger partial charge in [-0.2, -0.15) is 0 Å². The van der Waals surface area contributed by atoms with Gasteiger partial charge in [0.1, 0.15) is 12.6 Å². The van der Waals surface area contributed by atoms with Crippen LogP contribution in [0.3, 0.4) is 0 Å². The summed E-state index contributed by atoms with van der Waals surface area (Å²) < 4.78 is 28.9. The number of aryl methyl sites for hydroxylation is 2. The summed E-state index contributed by atoms with van der Waals surface area (Å²) in [6, 6.07) is 19.5. The summed E-state index contributed by atoms with van der Waals surface area (Å²) in [5.41, 5.74) is 2.28. The number of hydrogen-bond donors (Lipinski definition) is 1. The van der Waals surface area contributed by atoms with E-state index in [-0.39, 0.29) is 17.3 Å². The molecule has 1 atom stereocenters. The zero-order valence-corrected chi connectivity index (χ0v) is 24.8. The first-order valence-corrected chi connectivity index (χ1v) is 14.5. The number of carbonyl (C=O) groups is 2. The van der Waals surface area contributed by atoms with E-state index >= 15 is 0 Å². The molecule has 0 saturated heterocycles. The molecule has 0 unspecified atom stereocenters. The molecule has 1 N–H and O–H groups in total. The van der Waals surface area contributed by atoms with Crippen LogP contribution in [0.5, 0.6) is 0 Å². The summed E-state index contributed by atoms with van der Waals surface area (Å²) >= 11 is 6.19. The highest BCUT2D eigenvalue weighted by Crippen LogP contribution is 2.28. The first-order valence-electron chi connectivity index (χ1n) is 12.7. The second kappa shape index (κ2) is 12.2. The third kappa shape index (κ3) is 7.83. The molecule has 9 heteroatoms. The second-order valence-corrected chi connectivity index (χ2v) is 13.0. The van der Waals surface area contributed by atoms with Gasteiger partial charge >= 0.3 is 0 Å². The molecule has 0 bridgehead atoms. The third-order valence-corrected chi connectivity index (χ3v) is 8.15. The summed E-state index contributed by atoms with van der Waals surface area (Å²) in [7, 11) is -4.11. The van der Waals surface area contributed by atoms with Crippen LogP contribution in [-0.4, -0.2) is 43.3 Å². The first-order chi connectivity index (χ1) is 18.2. The fourth-order valence-electron chi connectivity index (χ4n) is 4.21. The van der Waals surface area contributed by atoms with Crippen molar-refractivity contribution in [3.63, 3.8) is 0 Å². The lowest BCUT2D eigenvalue weighted by atomic mass is 10.1. The van der Waals surface area contributed by atoms with Crippen LogP contribution in [0.25, 0.3) is 0 Å². The van der Waals surface area contributed by atoms with Gasteiger partial charge < -0.3 is 10.2 Å². The molecule has 3 rings (SSSR count). The van der Waals surface area contributed by atoms with Crippen molar-refractivity contribution in [1.29, 1.82) is 0 Å². The molecule has 0 aliphatic rings. The average Bonchev–Trinajstić information content (AvgIpc) is 2.85. The molecule has 208 valence electrons. The van der Waals surface area contributed by atoms with Crippen molar-refractivity contribution in [1.82, 2.24) is 10.2 Å². The Morgan fingerprint density at radius 3 is 2.21 bits per heavy atom. The van der Waals surface area contributed by atoms with Crippen LogP contribution in [0.4, 0.5) is 5.69 Å². The van der Waals surface area contributed by atoms with E-state index in [0.29, 0.717) is 16.3 Å². The Morgan fingerprint density at radius 2 is 1.62 bits per heavy atom. The number of rotatable bonds is 9. The molecule has 3 aromatic carbocycles. The minimum Gasteiger partial charge on any atom is -0.350 e. The fourth-order valence-corrected chi connectivity index (χ4v) is 5.92. The normalized spacial score (nSPS) is 12.5. The zero-order chi connectivity index (χ0) is 29.0. The number of hydrogen-bond acceptors (Lipinski definition) is 4. The Hall–Kier alpha value is -3.36. The molecular formula is C30H36ClN3O4S. The van der Waals surface area contributed by atoms with E-state index in [1.165, 1.54) is 17.0 Å². The monoisotopic (exact) mass is 569 g/mol. The van der Waals surface area contributed by atoms with Crippen LogP contribution >= 0.6 is 11.6 Å². The maximum absolute atomic E-state index is 14.0. The van der Waals surface area contributed by atoms with Gasteiger partial charge in [-0.1, -0.05) is 59.6 Å². The summed E-state index contributed by atoms with van der Waals surface area (Å²) in [6.45, 7) is 10.5. The molecule has 0 saturated carbocycles. The number of nitrogens with zero attached hydrogens (tertiary/aromatic N) is 2. The average molecular weight is 570 g/mol. The molecule has 0 aromatic heterocycles. The van der Waals surface area contributed by atoms with E-state index in [0.717, 1.165) is 15.4 Å². The van der Waals surface area contributed by atoms with Gasteiger partial charge in [0, 0.05) is 17.1 Å². The van der Waals surface area contributed by atoms with Crippen molar-refractivity contribution in [2.75, 3.05) is 10.8 Å². The van der Waals surface area contributed by atoms with E-state index in [1.807, 2.05) is 52.8 Å². The molecule has 0 heterocycles. The van der Waals surface area contributed by atoms with Crippen LogP contribution in [0.15, 0.2) is 77.7 Å². The Labute approximate surface area is 236 Å². The predicted octanol–water partition coefficient (Wildman–Crippen LogP) is 5.48. The van der Waals surface area contributed by atoms with Gasteiger partial charge in [0.25, 0.3) is 10.0 Å². The highest BCUT2D eigenvalue weighted by Gasteiger charge is 2.33. The third-order valence-electron chi connectivity index (χ3n) is 6.14. The SMILES string of the molecule is Cc1ccc(N(CC(=O)N(Cc2cccc(Cl)c2)[C@@H](C)C(=O)NC(C)(C)C)S(=O)(=O)c2ccccc2)c(C)c1. The fraction of sp³-hybridized carbons (Fsp3) is 0.333. The largest absolute Gasteiger partial charge is 0.350 e. The van der Waals surface area contributed by atoms with Crippen molar-refractivity contribution < 1.29 is 18.0 Å². The molecule has 0 aliphatic heterocycles. The predicted molar refractivity (Wildman–Crippen MR) is 156 cm³/mol.